The van der Waals surface area contributed by atoms with Gasteiger partial charge in [0.1, 0.15) is 0 Å². The number of nitrogens with one attached hydrogen (secondary N) is 2. The van der Waals surface area contributed by atoms with Gasteiger partial charge in [-0.15, -0.1) is 11.3 Å². The van der Waals surface area contributed by atoms with Crippen LogP contribution in [0.1, 0.15) is 66.1 Å². The zero-order valence-corrected chi connectivity index (χ0v) is 16.8. The van der Waals surface area contributed by atoms with E-state index in [0.717, 1.165) is 30.4 Å². The van der Waals surface area contributed by atoms with Crippen molar-refractivity contribution >= 4 is 28.2 Å². The number of aryl methyl sites for hydroxylation is 2. The summed E-state index contributed by atoms with van der Waals surface area (Å²) in [5, 5.41) is 11.1. The largest absolute Gasteiger partial charge is 0.344 e. The molecule has 0 unspecified atom stereocenters. The van der Waals surface area contributed by atoms with Crippen molar-refractivity contribution in [3.63, 3.8) is 0 Å². The van der Waals surface area contributed by atoms with Gasteiger partial charge in [0.25, 0.3) is 5.91 Å². The average Bonchev–Trinajstić information content (AvgIpc) is 3.10. The number of amides is 2. The van der Waals surface area contributed by atoms with Crippen LogP contribution in [-0.4, -0.2) is 21.6 Å². The third kappa shape index (κ3) is 3.67. The topological polar surface area (TPSA) is 76.0 Å². The molecule has 0 bridgehead atoms. The summed E-state index contributed by atoms with van der Waals surface area (Å²) in [5.41, 5.74) is 2.71. The van der Waals surface area contributed by atoms with E-state index < -0.39 is 5.41 Å². The fourth-order valence-electron chi connectivity index (χ4n) is 3.15. The molecule has 0 saturated carbocycles. The van der Waals surface area contributed by atoms with Crippen molar-refractivity contribution in [3.05, 3.63) is 34.0 Å². The summed E-state index contributed by atoms with van der Waals surface area (Å²) in [6.07, 6.45) is 4.81. The fourth-order valence-corrected chi connectivity index (χ4v) is 4.12. The predicted octanol–water partition coefficient (Wildman–Crippen LogP) is 3.58. The lowest BCUT2D eigenvalue weighted by atomic mass is 9.93. The molecule has 2 aromatic rings. The Morgan fingerprint density at radius 1 is 1.35 bits per heavy atom. The molecule has 1 aliphatic carbocycles. The van der Waals surface area contributed by atoms with Gasteiger partial charge in [-0.3, -0.25) is 14.3 Å². The lowest BCUT2D eigenvalue weighted by Crippen LogP contribution is -2.30. The Labute approximate surface area is 158 Å². The summed E-state index contributed by atoms with van der Waals surface area (Å²) >= 11 is 1.32. The molecule has 2 N–H and O–H groups in total. The number of fused-ring (bicyclic) bond motifs is 1. The van der Waals surface area contributed by atoms with Gasteiger partial charge in [0.15, 0.2) is 0 Å². The normalized spacial score (nSPS) is 16.9. The van der Waals surface area contributed by atoms with Gasteiger partial charge >= 0.3 is 0 Å². The maximum absolute atomic E-state index is 12.8. The summed E-state index contributed by atoms with van der Waals surface area (Å²) in [5.74, 6) is -0.150. The standard InChI is InChI=1S/C19H26N4O2S/c1-11-9-15(22-18(25)19(2,3)4)26-16(11)17(24)21-13-7-6-8-14-12(13)10-20-23(14)5/h9-10,13H,6-8H2,1-5H3,(H,21,24)(H,22,25)/t13-/m1/s1. The van der Waals surface area contributed by atoms with E-state index in [2.05, 4.69) is 15.7 Å². The van der Waals surface area contributed by atoms with E-state index in [9.17, 15) is 9.59 Å². The number of nitrogens with zero attached hydrogens (tertiary/aromatic N) is 2. The van der Waals surface area contributed by atoms with Crippen LogP contribution in [0, 0.1) is 12.3 Å². The minimum Gasteiger partial charge on any atom is -0.344 e. The van der Waals surface area contributed by atoms with Crippen molar-refractivity contribution in [2.45, 2.75) is 53.0 Å². The molecule has 3 rings (SSSR count). The molecule has 1 aliphatic rings. The molecule has 7 heteroatoms. The maximum Gasteiger partial charge on any atom is 0.262 e. The van der Waals surface area contributed by atoms with Crippen molar-refractivity contribution in [1.82, 2.24) is 15.1 Å². The highest BCUT2D eigenvalue weighted by atomic mass is 32.1. The van der Waals surface area contributed by atoms with Gasteiger partial charge in [-0.05, 0) is 37.8 Å². The van der Waals surface area contributed by atoms with E-state index in [1.165, 1.54) is 17.0 Å². The summed E-state index contributed by atoms with van der Waals surface area (Å²) in [6.45, 7) is 7.50. The van der Waals surface area contributed by atoms with Gasteiger partial charge in [0.2, 0.25) is 5.91 Å². The molecule has 2 aromatic heterocycles. The summed E-state index contributed by atoms with van der Waals surface area (Å²) in [4.78, 5) is 25.6. The molecule has 2 amide bonds. The lowest BCUT2D eigenvalue weighted by Gasteiger charge is -2.23. The molecule has 0 saturated heterocycles. The number of aromatic nitrogens is 2. The van der Waals surface area contributed by atoms with Crippen LogP contribution in [0.5, 0.6) is 0 Å². The number of hydrogen-bond donors (Lipinski definition) is 2. The highest BCUT2D eigenvalue weighted by molar-refractivity contribution is 7.18. The minimum absolute atomic E-state index is 0.00549. The third-order valence-electron chi connectivity index (χ3n) is 4.72. The molecular formula is C19H26N4O2S. The molecule has 6 nitrogen and oxygen atoms in total. The second-order valence-electron chi connectivity index (χ2n) is 7.92. The number of anilines is 1. The zero-order chi connectivity index (χ0) is 19.1. The number of hydrogen-bond acceptors (Lipinski definition) is 4. The van der Waals surface area contributed by atoms with E-state index in [0.29, 0.717) is 9.88 Å². The summed E-state index contributed by atoms with van der Waals surface area (Å²) < 4.78 is 1.89. The van der Waals surface area contributed by atoms with E-state index in [4.69, 9.17) is 0 Å². The third-order valence-corrected chi connectivity index (χ3v) is 5.87. The predicted molar refractivity (Wildman–Crippen MR) is 103 cm³/mol. The summed E-state index contributed by atoms with van der Waals surface area (Å²) in [7, 11) is 1.94. The second kappa shape index (κ2) is 6.87. The Balaban J connectivity index is 1.74. The Kier molecular flexibility index (Phi) is 4.92. The Hall–Kier alpha value is -2.15. The van der Waals surface area contributed by atoms with Crippen LogP contribution < -0.4 is 10.6 Å². The molecule has 2 heterocycles. The monoisotopic (exact) mass is 374 g/mol. The fraction of sp³-hybridized carbons (Fsp3) is 0.526. The van der Waals surface area contributed by atoms with Crippen LogP contribution in [0.25, 0.3) is 0 Å². The molecule has 0 radical (unpaired) electrons. The SMILES string of the molecule is Cc1cc(NC(=O)C(C)(C)C)sc1C(=O)N[C@@H]1CCCc2c1cnn2C. The molecular weight excluding hydrogens is 348 g/mol. The first-order chi connectivity index (χ1) is 12.2. The van der Waals surface area contributed by atoms with E-state index in [1.54, 1.807) is 0 Å². The Morgan fingerprint density at radius 3 is 2.77 bits per heavy atom. The Bertz CT molecular complexity index is 844. The number of carbonyl (C=O) groups is 2. The molecule has 1 atom stereocenters. The summed E-state index contributed by atoms with van der Waals surface area (Å²) in [6, 6.07) is 1.86. The smallest absolute Gasteiger partial charge is 0.262 e. The van der Waals surface area contributed by atoms with E-state index in [1.807, 2.05) is 51.7 Å². The minimum atomic E-state index is -0.473. The lowest BCUT2D eigenvalue weighted by molar-refractivity contribution is -0.123. The van der Waals surface area contributed by atoms with Crippen LogP contribution in [0.15, 0.2) is 12.3 Å². The van der Waals surface area contributed by atoms with Gasteiger partial charge in [0.05, 0.1) is 22.1 Å². The van der Waals surface area contributed by atoms with Crippen molar-refractivity contribution in [1.29, 1.82) is 0 Å². The van der Waals surface area contributed by atoms with Crippen molar-refractivity contribution < 1.29 is 9.59 Å². The molecule has 140 valence electrons. The number of rotatable bonds is 3. The van der Waals surface area contributed by atoms with Crippen molar-refractivity contribution in [2.75, 3.05) is 5.32 Å². The molecule has 0 aromatic carbocycles. The first-order valence-electron chi connectivity index (χ1n) is 8.90. The Morgan fingerprint density at radius 2 is 2.08 bits per heavy atom. The first kappa shape index (κ1) is 18.6. The maximum atomic E-state index is 12.8. The van der Waals surface area contributed by atoms with Gasteiger partial charge in [-0.2, -0.15) is 5.10 Å². The number of thiophene rings is 1. The number of carbonyl (C=O) groups excluding carboxylic acids is 2. The molecule has 0 spiro atoms. The molecule has 0 aliphatic heterocycles. The molecule has 0 fully saturated rings. The van der Waals surface area contributed by atoms with Gasteiger partial charge in [-0.1, -0.05) is 20.8 Å². The van der Waals surface area contributed by atoms with E-state index in [-0.39, 0.29) is 17.9 Å². The van der Waals surface area contributed by atoms with Crippen LogP contribution in [0.4, 0.5) is 5.00 Å². The van der Waals surface area contributed by atoms with Crippen LogP contribution in [-0.2, 0) is 18.3 Å². The average molecular weight is 375 g/mol. The first-order valence-corrected chi connectivity index (χ1v) is 9.72. The van der Waals surface area contributed by atoms with E-state index >= 15 is 0 Å². The zero-order valence-electron chi connectivity index (χ0n) is 16.0. The van der Waals surface area contributed by atoms with Gasteiger partial charge in [0, 0.05) is 23.7 Å². The molecule has 26 heavy (non-hydrogen) atoms. The van der Waals surface area contributed by atoms with Gasteiger partial charge in [-0.25, -0.2) is 0 Å². The quantitative estimate of drug-likeness (QED) is 0.862. The van der Waals surface area contributed by atoms with Crippen LogP contribution in [0.2, 0.25) is 0 Å². The highest BCUT2D eigenvalue weighted by Crippen LogP contribution is 2.32. The van der Waals surface area contributed by atoms with Crippen LogP contribution >= 0.6 is 11.3 Å². The highest BCUT2D eigenvalue weighted by Gasteiger charge is 2.27. The van der Waals surface area contributed by atoms with Gasteiger partial charge < -0.3 is 10.6 Å². The van der Waals surface area contributed by atoms with Crippen molar-refractivity contribution in [2.24, 2.45) is 12.5 Å². The van der Waals surface area contributed by atoms with Crippen molar-refractivity contribution in [3.8, 4) is 0 Å². The van der Waals surface area contributed by atoms with Crippen LogP contribution in [0.3, 0.4) is 0 Å². The second-order valence-corrected chi connectivity index (χ2v) is 8.97.